The SMILES string of the molecule is CN(CCc1nc2ccc(Cl)cc2[nH]1)C(=O)Cn1cc(NC(=O)c2ccccc2F)cn1. The van der Waals surface area contributed by atoms with Crippen molar-refractivity contribution in [3.63, 3.8) is 0 Å². The molecule has 8 nitrogen and oxygen atoms in total. The Morgan fingerprint density at radius 2 is 2.06 bits per heavy atom. The van der Waals surface area contributed by atoms with Crippen molar-refractivity contribution in [2.75, 3.05) is 18.9 Å². The predicted octanol–water partition coefficient (Wildman–Crippen LogP) is 3.51. The molecule has 0 fully saturated rings. The fourth-order valence-electron chi connectivity index (χ4n) is 3.17. The van der Waals surface area contributed by atoms with E-state index in [0.29, 0.717) is 23.7 Å². The number of aromatic amines is 1. The van der Waals surface area contributed by atoms with Gasteiger partial charge in [-0.3, -0.25) is 14.3 Å². The van der Waals surface area contributed by atoms with Gasteiger partial charge in [0.2, 0.25) is 5.91 Å². The summed E-state index contributed by atoms with van der Waals surface area (Å²) >= 11 is 5.99. The molecule has 2 aromatic carbocycles. The molecule has 32 heavy (non-hydrogen) atoms. The fourth-order valence-corrected chi connectivity index (χ4v) is 3.34. The van der Waals surface area contributed by atoms with Crippen LogP contribution in [0.4, 0.5) is 10.1 Å². The number of hydrogen-bond acceptors (Lipinski definition) is 4. The van der Waals surface area contributed by atoms with E-state index < -0.39 is 11.7 Å². The molecule has 2 heterocycles. The zero-order valence-corrected chi connectivity index (χ0v) is 17.9. The van der Waals surface area contributed by atoms with Crippen LogP contribution in [0.3, 0.4) is 0 Å². The van der Waals surface area contributed by atoms with Crippen LogP contribution in [-0.4, -0.2) is 50.1 Å². The zero-order chi connectivity index (χ0) is 22.7. The van der Waals surface area contributed by atoms with Gasteiger partial charge in [-0.1, -0.05) is 23.7 Å². The Kier molecular flexibility index (Phi) is 6.18. The largest absolute Gasteiger partial charge is 0.344 e. The van der Waals surface area contributed by atoms with Gasteiger partial charge in [-0.25, -0.2) is 9.37 Å². The Hall–Kier alpha value is -3.72. The molecule has 0 aliphatic heterocycles. The first-order chi connectivity index (χ1) is 15.4. The van der Waals surface area contributed by atoms with Crippen LogP contribution in [0.15, 0.2) is 54.9 Å². The van der Waals surface area contributed by atoms with E-state index in [1.54, 1.807) is 24.1 Å². The van der Waals surface area contributed by atoms with E-state index >= 15 is 0 Å². The summed E-state index contributed by atoms with van der Waals surface area (Å²) in [7, 11) is 1.70. The Morgan fingerprint density at radius 1 is 1.25 bits per heavy atom. The number of H-pyrrole nitrogens is 1. The number of hydrogen-bond donors (Lipinski definition) is 2. The molecule has 0 saturated carbocycles. The van der Waals surface area contributed by atoms with Gasteiger partial charge in [-0.2, -0.15) is 5.10 Å². The number of aromatic nitrogens is 4. The molecule has 2 aromatic heterocycles. The number of carbonyl (C=O) groups is 2. The first kappa shape index (κ1) is 21.5. The minimum Gasteiger partial charge on any atom is -0.344 e. The molecule has 10 heteroatoms. The topological polar surface area (TPSA) is 95.9 Å². The first-order valence-corrected chi connectivity index (χ1v) is 10.2. The molecular weight excluding hydrogens is 435 g/mol. The quantitative estimate of drug-likeness (QED) is 0.446. The molecule has 2 amide bonds. The molecule has 2 N–H and O–H groups in total. The number of likely N-dealkylation sites (N-methyl/N-ethyl adjacent to an activating group) is 1. The summed E-state index contributed by atoms with van der Waals surface area (Å²) < 4.78 is 15.2. The van der Waals surface area contributed by atoms with Gasteiger partial charge in [0, 0.05) is 31.2 Å². The van der Waals surface area contributed by atoms with Crippen molar-refractivity contribution in [3.05, 3.63) is 77.1 Å². The van der Waals surface area contributed by atoms with Gasteiger partial charge < -0.3 is 15.2 Å². The summed E-state index contributed by atoms with van der Waals surface area (Å²) in [5.74, 6) is -0.585. The van der Waals surface area contributed by atoms with Crippen LogP contribution in [0, 0.1) is 5.82 Å². The van der Waals surface area contributed by atoms with Gasteiger partial charge in [0.15, 0.2) is 0 Å². The Balaban J connectivity index is 1.31. The molecule has 0 atom stereocenters. The normalized spacial score (nSPS) is 11.0. The highest BCUT2D eigenvalue weighted by atomic mass is 35.5. The summed E-state index contributed by atoms with van der Waals surface area (Å²) in [5.41, 5.74) is 1.97. The van der Waals surface area contributed by atoms with Crippen LogP contribution in [0.1, 0.15) is 16.2 Å². The van der Waals surface area contributed by atoms with E-state index in [1.165, 1.54) is 35.3 Å². The van der Waals surface area contributed by atoms with Crippen molar-refractivity contribution >= 4 is 40.1 Å². The first-order valence-electron chi connectivity index (χ1n) is 9.85. The van der Waals surface area contributed by atoms with E-state index in [2.05, 4.69) is 20.4 Å². The predicted molar refractivity (Wildman–Crippen MR) is 119 cm³/mol. The van der Waals surface area contributed by atoms with E-state index in [9.17, 15) is 14.0 Å². The third-order valence-corrected chi connectivity index (χ3v) is 5.14. The third-order valence-electron chi connectivity index (χ3n) is 4.91. The maximum Gasteiger partial charge on any atom is 0.258 e. The molecule has 0 saturated heterocycles. The summed E-state index contributed by atoms with van der Waals surface area (Å²) in [5, 5.41) is 7.30. The van der Waals surface area contributed by atoms with Gasteiger partial charge in [0.1, 0.15) is 18.2 Å². The van der Waals surface area contributed by atoms with E-state index in [4.69, 9.17) is 11.6 Å². The lowest BCUT2D eigenvalue weighted by Gasteiger charge is -2.16. The van der Waals surface area contributed by atoms with Gasteiger partial charge >= 0.3 is 0 Å². The van der Waals surface area contributed by atoms with Crippen molar-refractivity contribution in [1.82, 2.24) is 24.6 Å². The Morgan fingerprint density at radius 3 is 2.88 bits per heavy atom. The van der Waals surface area contributed by atoms with Crippen molar-refractivity contribution < 1.29 is 14.0 Å². The smallest absolute Gasteiger partial charge is 0.258 e. The average molecular weight is 455 g/mol. The average Bonchev–Trinajstić information content (AvgIpc) is 3.38. The molecule has 4 rings (SSSR count). The second kappa shape index (κ2) is 9.19. The second-order valence-electron chi connectivity index (χ2n) is 7.27. The molecule has 164 valence electrons. The van der Waals surface area contributed by atoms with Crippen LogP contribution in [0.2, 0.25) is 5.02 Å². The van der Waals surface area contributed by atoms with Gasteiger partial charge in [0.25, 0.3) is 5.91 Å². The van der Waals surface area contributed by atoms with Crippen LogP contribution >= 0.6 is 11.6 Å². The highest BCUT2D eigenvalue weighted by molar-refractivity contribution is 6.31. The summed E-state index contributed by atoms with van der Waals surface area (Å²) in [4.78, 5) is 34.0. The molecule has 4 aromatic rings. The Labute approximate surface area is 188 Å². The van der Waals surface area contributed by atoms with Crippen LogP contribution in [0.5, 0.6) is 0 Å². The maximum atomic E-state index is 13.7. The molecular formula is C22H20ClFN6O2. The van der Waals surface area contributed by atoms with Gasteiger partial charge in [-0.05, 0) is 30.3 Å². The molecule has 0 bridgehead atoms. The summed E-state index contributed by atoms with van der Waals surface area (Å²) in [6.45, 7) is 0.465. The molecule has 0 radical (unpaired) electrons. The lowest BCUT2D eigenvalue weighted by Crippen LogP contribution is -2.32. The number of carbonyl (C=O) groups excluding carboxylic acids is 2. The molecule has 0 spiro atoms. The molecule has 0 unspecified atom stereocenters. The monoisotopic (exact) mass is 454 g/mol. The number of fused-ring (bicyclic) bond motifs is 1. The number of halogens is 2. The maximum absolute atomic E-state index is 13.7. The van der Waals surface area contributed by atoms with E-state index in [0.717, 1.165) is 16.9 Å². The summed E-state index contributed by atoms with van der Waals surface area (Å²) in [6.07, 6.45) is 3.48. The fraction of sp³-hybridized carbons (Fsp3) is 0.182. The third kappa shape index (κ3) is 4.94. The van der Waals surface area contributed by atoms with Crippen molar-refractivity contribution in [1.29, 1.82) is 0 Å². The van der Waals surface area contributed by atoms with Crippen LogP contribution < -0.4 is 5.32 Å². The number of anilines is 1. The minimum absolute atomic E-state index is 0.00179. The van der Waals surface area contributed by atoms with Crippen LogP contribution in [-0.2, 0) is 17.8 Å². The van der Waals surface area contributed by atoms with Crippen molar-refractivity contribution in [2.24, 2.45) is 0 Å². The van der Waals surface area contributed by atoms with Crippen molar-refractivity contribution in [3.8, 4) is 0 Å². The number of imidazole rings is 1. The van der Waals surface area contributed by atoms with Gasteiger partial charge in [-0.15, -0.1) is 0 Å². The standard InChI is InChI=1S/C22H20ClFN6O2/c1-29(9-8-20-27-18-7-6-14(23)10-19(18)28-20)21(31)13-30-12-15(11-25-30)26-22(32)16-4-2-3-5-17(16)24/h2-7,10-12H,8-9,13H2,1H3,(H,26,32)(H,27,28). The number of nitrogens with one attached hydrogen (secondary N) is 2. The second-order valence-corrected chi connectivity index (χ2v) is 7.71. The number of rotatable bonds is 7. The molecule has 0 aliphatic rings. The summed E-state index contributed by atoms with van der Waals surface area (Å²) in [6, 6.07) is 11.1. The lowest BCUT2D eigenvalue weighted by atomic mass is 10.2. The Bertz CT molecular complexity index is 1280. The highest BCUT2D eigenvalue weighted by Crippen LogP contribution is 2.17. The lowest BCUT2D eigenvalue weighted by molar-refractivity contribution is -0.130. The number of benzene rings is 2. The molecule has 0 aliphatic carbocycles. The number of amides is 2. The highest BCUT2D eigenvalue weighted by Gasteiger charge is 2.14. The minimum atomic E-state index is -0.609. The number of nitrogens with zero attached hydrogens (tertiary/aromatic N) is 4. The van der Waals surface area contributed by atoms with Crippen molar-refractivity contribution in [2.45, 2.75) is 13.0 Å². The zero-order valence-electron chi connectivity index (χ0n) is 17.2. The van der Waals surface area contributed by atoms with Crippen LogP contribution in [0.25, 0.3) is 11.0 Å². The van der Waals surface area contributed by atoms with Gasteiger partial charge in [0.05, 0.1) is 28.5 Å². The van der Waals surface area contributed by atoms with E-state index in [-0.39, 0.29) is 18.0 Å². The van der Waals surface area contributed by atoms with E-state index in [1.807, 2.05) is 12.1 Å².